The lowest BCUT2D eigenvalue weighted by Gasteiger charge is -2.19. The summed E-state index contributed by atoms with van der Waals surface area (Å²) in [6, 6.07) is 5.76. The molecule has 0 radical (unpaired) electrons. The number of carbonyl (C=O) groups excluding carboxylic acids is 1. The van der Waals surface area contributed by atoms with Crippen LogP contribution in [0.4, 0.5) is 5.82 Å². The molecule has 0 atom stereocenters. The van der Waals surface area contributed by atoms with Gasteiger partial charge in [0.2, 0.25) is 0 Å². The van der Waals surface area contributed by atoms with E-state index >= 15 is 0 Å². The Bertz CT molecular complexity index is 1070. The normalized spacial score (nSPS) is 12.5. The van der Waals surface area contributed by atoms with Gasteiger partial charge in [-0.05, 0) is 58.2 Å². The highest BCUT2D eigenvalue weighted by Crippen LogP contribution is 2.30. The van der Waals surface area contributed by atoms with E-state index in [2.05, 4.69) is 9.97 Å². The molecule has 0 saturated heterocycles. The van der Waals surface area contributed by atoms with Crippen LogP contribution in [0.1, 0.15) is 62.2 Å². The highest BCUT2D eigenvalue weighted by Gasteiger charge is 2.21. The van der Waals surface area contributed by atoms with Gasteiger partial charge in [-0.3, -0.25) is 9.20 Å². The first-order valence-electron chi connectivity index (χ1n) is 9.60. The molecule has 2 aromatic heterocycles. The molecule has 0 bridgehead atoms. The van der Waals surface area contributed by atoms with Gasteiger partial charge in [-0.1, -0.05) is 12.1 Å². The molecule has 29 heavy (non-hydrogen) atoms. The minimum absolute atomic E-state index is 0.165. The third kappa shape index (κ3) is 4.46. The minimum Gasteiger partial charge on any atom is -0.390 e. The van der Waals surface area contributed by atoms with Gasteiger partial charge in [0, 0.05) is 18.2 Å². The molecule has 0 fully saturated rings. The third-order valence-electron chi connectivity index (χ3n) is 4.99. The number of Topliss-reactive ketones (excluding diaryl/α,β-unsaturated/α-hetero) is 1. The molecule has 3 rings (SSSR count). The number of aromatic nitrogens is 3. The Kier molecular flexibility index (Phi) is 5.23. The molecular formula is C22H28N4O3. The van der Waals surface area contributed by atoms with Crippen molar-refractivity contribution in [2.24, 2.45) is 0 Å². The Morgan fingerprint density at radius 3 is 2.52 bits per heavy atom. The van der Waals surface area contributed by atoms with Crippen LogP contribution in [0.5, 0.6) is 0 Å². The topological polar surface area (TPSA) is 114 Å². The number of fused-ring (bicyclic) bond motifs is 1. The van der Waals surface area contributed by atoms with E-state index in [0.29, 0.717) is 12.1 Å². The number of anilines is 1. The van der Waals surface area contributed by atoms with Crippen LogP contribution in [0, 0.1) is 6.92 Å². The molecule has 0 aliphatic heterocycles. The van der Waals surface area contributed by atoms with Crippen molar-refractivity contribution in [3.8, 4) is 11.3 Å². The van der Waals surface area contributed by atoms with Gasteiger partial charge >= 0.3 is 0 Å². The van der Waals surface area contributed by atoms with Gasteiger partial charge in [-0.15, -0.1) is 0 Å². The zero-order chi connectivity index (χ0) is 21.6. The summed E-state index contributed by atoms with van der Waals surface area (Å²) in [5.41, 5.74) is 8.28. The standard InChI is InChI=1S/C22H28N4O3/c1-13-6-7-14(22(4,5)29)10-15(13)17-11-24-20-19(23)25-16(12-26(17)20)18(27)8-9-21(2,3)28/h6-7,10-12,28-29H,8-9H2,1-5H3,(H2,23,25). The number of hydrogen-bond acceptors (Lipinski definition) is 6. The summed E-state index contributed by atoms with van der Waals surface area (Å²) in [5, 5.41) is 20.3. The van der Waals surface area contributed by atoms with E-state index in [1.54, 1.807) is 44.5 Å². The molecule has 0 aliphatic carbocycles. The van der Waals surface area contributed by atoms with Crippen LogP contribution in [-0.4, -0.2) is 36.0 Å². The maximum atomic E-state index is 12.6. The lowest BCUT2D eigenvalue weighted by atomic mass is 9.93. The van der Waals surface area contributed by atoms with Crippen molar-refractivity contribution < 1.29 is 15.0 Å². The SMILES string of the molecule is Cc1ccc(C(C)(C)O)cc1-c1cnc2c(N)nc(C(=O)CCC(C)(C)O)cn12. The molecule has 3 aromatic rings. The molecular weight excluding hydrogens is 368 g/mol. The Balaban J connectivity index is 2.10. The van der Waals surface area contributed by atoms with Gasteiger partial charge in [0.15, 0.2) is 17.2 Å². The highest BCUT2D eigenvalue weighted by molar-refractivity contribution is 5.95. The first-order chi connectivity index (χ1) is 13.4. The van der Waals surface area contributed by atoms with E-state index in [1.807, 2.05) is 25.1 Å². The van der Waals surface area contributed by atoms with Crippen LogP contribution in [-0.2, 0) is 5.60 Å². The van der Waals surface area contributed by atoms with Crippen LogP contribution < -0.4 is 5.73 Å². The molecule has 0 amide bonds. The summed E-state index contributed by atoms with van der Waals surface area (Å²) in [6.07, 6.45) is 3.82. The molecule has 0 aliphatic rings. The van der Waals surface area contributed by atoms with E-state index in [1.165, 1.54) is 0 Å². The van der Waals surface area contributed by atoms with Crippen LogP contribution in [0.25, 0.3) is 16.9 Å². The number of hydrogen-bond donors (Lipinski definition) is 3. The Morgan fingerprint density at radius 2 is 1.90 bits per heavy atom. The third-order valence-corrected chi connectivity index (χ3v) is 4.99. The molecule has 2 heterocycles. The van der Waals surface area contributed by atoms with E-state index in [0.717, 1.165) is 22.4 Å². The van der Waals surface area contributed by atoms with Crippen LogP contribution in [0.15, 0.2) is 30.6 Å². The Hall–Kier alpha value is -2.77. The van der Waals surface area contributed by atoms with E-state index in [4.69, 9.17) is 5.73 Å². The summed E-state index contributed by atoms with van der Waals surface area (Å²) < 4.78 is 1.76. The molecule has 7 heteroatoms. The second-order valence-electron chi connectivity index (χ2n) is 8.67. The lowest BCUT2D eigenvalue weighted by Crippen LogP contribution is -2.20. The van der Waals surface area contributed by atoms with Gasteiger partial charge in [0.1, 0.15) is 5.69 Å². The first kappa shape index (κ1) is 21.0. The number of carbonyl (C=O) groups is 1. The van der Waals surface area contributed by atoms with E-state index in [9.17, 15) is 15.0 Å². The number of nitrogens with zero attached hydrogens (tertiary/aromatic N) is 3. The van der Waals surface area contributed by atoms with Crippen molar-refractivity contribution in [2.75, 3.05) is 5.73 Å². The van der Waals surface area contributed by atoms with E-state index < -0.39 is 11.2 Å². The Morgan fingerprint density at radius 1 is 1.21 bits per heavy atom. The number of imidazole rings is 1. The minimum atomic E-state index is -0.984. The predicted octanol–water partition coefficient (Wildman–Crippen LogP) is 3.25. The second kappa shape index (κ2) is 7.24. The maximum absolute atomic E-state index is 12.6. The molecule has 154 valence electrons. The summed E-state index contributed by atoms with van der Waals surface area (Å²) >= 11 is 0. The van der Waals surface area contributed by atoms with Gasteiger partial charge < -0.3 is 15.9 Å². The van der Waals surface area contributed by atoms with Crippen molar-refractivity contribution >= 4 is 17.2 Å². The van der Waals surface area contributed by atoms with Crippen molar-refractivity contribution in [2.45, 2.75) is 58.7 Å². The number of aryl methyl sites for hydroxylation is 1. The van der Waals surface area contributed by atoms with Crippen molar-refractivity contribution in [3.63, 3.8) is 0 Å². The number of benzene rings is 1. The van der Waals surface area contributed by atoms with Gasteiger partial charge in [-0.2, -0.15) is 0 Å². The second-order valence-corrected chi connectivity index (χ2v) is 8.67. The molecule has 0 unspecified atom stereocenters. The molecule has 0 saturated carbocycles. The maximum Gasteiger partial charge on any atom is 0.182 e. The van der Waals surface area contributed by atoms with Crippen molar-refractivity contribution in [1.29, 1.82) is 0 Å². The fourth-order valence-corrected chi connectivity index (χ4v) is 3.17. The van der Waals surface area contributed by atoms with Crippen molar-refractivity contribution in [1.82, 2.24) is 14.4 Å². The van der Waals surface area contributed by atoms with Gasteiger partial charge in [0.05, 0.1) is 23.1 Å². The zero-order valence-corrected chi connectivity index (χ0v) is 17.5. The fourth-order valence-electron chi connectivity index (χ4n) is 3.17. The average Bonchev–Trinajstić information content (AvgIpc) is 3.02. The summed E-state index contributed by atoms with van der Waals surface area (Å²) in [7, 11) is 0. The Labute approximate surface area is 170 Å². The van der Waals surface area contributed by atoms with Gasteiger partial charge in [-0.25, -0.2) is 9.97 Å². The summed E-state index contributed by atoms with van der Waals surface area (Å²) in [6.45, 7) is 8.77. The molecule has 7 nitrogen and oxygen atoms in total. The molecule has 0 spiro atoms. The summed E-state index contributed by atoms with van der Waals surface area (Å²) in [5.74, 6) is -0.0241. The average molecular weight is 396 g/mol. The predicted molar refractivity (Wildman–Crippen MR) is 113 cm³/mol. The number of nitrogen functional groups attached to an aromatic ring is 1. The number of nitrogens with two attached hydrogens (primary N) is 1. The van der Waals surface area contributed by atoms with Crippen LogP contribution >= 0.6 is 0 Å². The molecule has 4 N–H and O–H groups in total. The quantitative estimate of drug-likeness (QED) is 0.551. The molecule has 1 aromatic carbocycles. The lowest BCUT2D eigenvalue weighted by molar-refractivity contribution is 0.0631. The number of rotatable bonds is 6. The fraction of sp³-hybridized carbons (Fsp3) is 0.409. The summed E-state index contributed by atoms with van der Waals surface area (Å²) in [4.78, 5) is 21.2. The number of aliphatic hydroxyl groups is 2. The number of ketones is 1. The van der Waals surface area contributed by atoms with Crippen molar-refractivity contribution in [3.05, 3.63) is 47.4 Å². The van der Waals surface area contributed by atoms with Gasteiger partial charge in [0.25, 0.3) is 0 Å². The largest absolute Gasteiger partial charge is 0.390 e. The smallest absolute Gasteiger partial charge is 0.182 e. The zero-order valence-electron chi connectivity index (χ0n) is 17.5. The van der Waals surface area contributed by atoms with E-state index in [-0.39, 0.29) is 23.7 Å². The van der Waals surface area contributed by atoms with Crippen LogP contribution in [0.3, 0.4) is 0 Å². The first-order valence-corrected chi connectivity index (χ1v) is 9.60. The van der Waals surface area contributed by atoms with Crippen LogP contribution in [0.2, 0.25) is 0 Å². The highest BCUT2D eigenvalue weighted by atomic mass is 16.3. The monoisotopic (exact) mass is 396 g/mol.